The molecule has 3 aromatic rings. The van der Waals surface area contributed by atoms with Gasteiger partial charge in [0.15, 0.2) is 0 Å². The number of hydrogen-bond acceptors (Lipinski definition) is 4. The fraction of sp³-hybridized carbons (Fsp3) is 0.500. The maximum Gasteiger partial charge on any atom is 0.128 e. The molecule has 156 valence electrons. The lowest BCUT2D eigenvalue weighted by Gasteiger charge is -2.16. The van der Waals surface area contributed by atoms with Gasteiger partial charge in [0, 0.05) is 41.0 Å². The van der Waals surface area contributed by atoms with Crippen LogP contribution in [-0.2, 0) is 32.2 Å². The quantitative estimate of drug-likeness (QED) is 0.327. The van der Waals surface area contributed by atoms with Crippen molar-refractivity contribution in [3.8, 4) is 0 Å². The molecular formula is C24H33N3O2. The predicted octanol–water partition coefficient (Wildman–Crippen LogP) is 5.53. The summed E-state index contributed by atoms with van der Waals surface area (Å²) in [6, 6.07) is 9.17. The number of aromatic nitrogens is 3. The fourth-order valence-corrected chi connectivity index (χ4v) is 4.62. The minimum absolute atomic E-state index is 0.976. The Kier molecular flexibility index (Phi) is 7.40. The van der Waals surface area contributed by atoms with E-state index in [0.717, 1.165) is 43.0 Å². The number of unbranched alkanes of at least 4 members (excludes halogenated alkanes) is 1. The van der Waals surface area contributed by atoms with Gasteiger partial charge in [0.25, 0.3) is 0 Å². The maximum absolute atomic E-state index is 6.00. The van der Waals surface area contributed by atoms with Gasteiger partial charge in [-0.25, -0.2) is 9.97 Å². The van der Waals surface area contributed by atoms with E-state index in [1.165, 1.54) is 48.6 Å². The lowest BCUT2D eigenvalue weighted by Crippen LogP contribution is -2.09. The van der Waals surface area contributed by atoms with Crippen molar-refractivity contribution in [2.45, 2.75) is 78.7 Å². The van der Waals surface area contributed by atoms with E-state index in [-0.39, 0.29) is 0 Å². The van der Waals surface area contributed by atoms with Crippen LogP contribution in [0.4, 0.5) is 0 Å². The van der Waals surface area contributed by atoms with E-state index in [1.807, 2.05) is 6.07 Å². The molecule has 5 nitrogen and oxygen atoms in total. The molecule has 0 saturated heterocycles. The van der Waals surface area contributed by atoms with Gasteiger partial charge in [-0.2, -0.15) is 0 Å². The largest absolute Gasteiger partial charge is 0.344 e. The summed E-state index contributed by atoms with van der Waals surface area (Å²) in [6.07, 6.45) is 9.59. The molecule has 4 rings (SSSR count). The Labute approximate surface area is 173 Å². The third kappa shape index (κ3) is 4.85. The van der Waals surface area contributed by atoms with Crippen LogP contribution in [0, 0.1) is 13.8 Å². The van der Waals surface area contributed by atoms with Gasteiger partial charge in [-0.05, 0) is 88.1 Å². The zero-order chi connectivity index (χ0) is 20.8. The van der Waals surface area contributed by atoms with Crippen molar-refractivity contribution in [3.63, 3.8) is 0 Å². The Hall–Kier alpha value is -2.24. The Bertz CT molecular complexity index is 942. The number of rotatable bonds is 6. The second-order valence-electron chi connectivity index (χ2n) is 8.01. The van der Waals surface area contributed by atoms with Gasteiger partial charge >= 0.3 is 0 Å². The zero-order valence-electron chi connectivity index (χ0n) is 17.9. The lowest BCUT2D eigenvalue weighted by atomic mass is 9.95. The second-order valence-corrected chi connectivity index (χ2v) is 8.01. The van der Waals surface area contributed by atoms with Crippen molar-refractivity contribution in [1.82, 2.24) is 14.5 Å². The third-order valence-electron chi connectivity index (χ3n) is 5.91. The van der Waals surface area contributed by atoms with Crippen LogP contribution in [0.1, 0.15) is 66.6 Å². The number of aryl methyl sites for hydroxylation is 6. The summed E-state index contributed by atoms with van der Waals surface area (Å²) in [5.41, 5.74) is 8.29. The van der Waals surface area contributed by atoms with E-state index < -0.39 is 0 Å². The molecule has 0 amide bonds. The molecule has 0 spiro atoms. The maximum atomic E-state index is 6.00. The van der Waals surface area contributed by atoms with Gasteiger partial charge in [0.2, 0.25) is 0 Å². The van der Waals surface area contributed by atoms with E-state index in [4.69, 9.17) is 10.5 Å². The highest BCUT2D eigenvalue weighted by Crippen LogP contribution is 2.33. The first-order valence-electron chi connectivity index (χ1n) is 10.8. The predicted molar refractivity (Wildman–Crippen MR) is 118 cm³/mol. The molecule has 1 aromatic carbocycles. The van der Waals surface area contributed by atoms with Crippen LogP contribution in [0.5, 0.6) is 0 Å². The first-order valence-corrected chi connectivity index (χ1v) is 10.8. The Morgan fingerprint density at radius 2 is 1.69 bits per heavy atom. The van der Waals surface area contributed by atoms with E-state index in [2.05, 4.69) is 53.5 Å². The Morgan fingerprint density at radius 3 is 2.41 bits per heavy atom. The summed E-state index contributed by atoms with van der Waals surface area (Å²) in [6.45, 7) is 7.48. The van der Waals surface area contributed by atoms with E-state index in [1.54, 1.807) is 11.3 Å². The number of nitrogens with zero attached hydrogens (tertiary/aromatic N) is 3. The first-order chi connectivity index (χ1) is 14.2. The van der Waals surface area contributed by atoms with Crippen LogP contribution in [0.15, 0.2) is 24.3 Å². The minimum Gasteiger partial charge on any atom is -0.344 e. The molecule has 2 aromatic heterocycles. The van der Waals surface area contributed by atoms with Gasteiger partial charge in [-0.15, -0.1) is 0 Å². The normalized spacial score (nSPS) is 13.1. The topological polar surface area (TPSA) is 71.2 Å². The first kappa shape index (κ1) is 21.5. The van der Waals surface area contributed by atoms with E-state index >= 15 is 0 Å². The molecule has 29 heavy (non-hydrogen) atoms. The standard InChI is InChI=1S/C24H31N3.H2O2/c1-4-19-12-13-23-21(16-19)20-9-5-6-10-22(20)27(23)14-8-7-11-24-25-17(2)15-18(3)26-24;1-2/h12-13,15-16H,4-11,14H2,1-3H3;1-2H. The minimum atomic E-state index is 0.976. The van der Waals surface area contributed by atoms with Crippen LogP contribution < -0.4 is 0 Å². The molecule has 2 N–H and O–H groups in total. The summed E-state index contributed by atoms with van der Waals surface area (Å²) in [5.74, 6) is 1.000. The molecule has 1 aliphatic rings. The van der Waals surface area contributed by atoms with Crippen LogP contribution in [0.25, 0.3) is 10.9 Å². The number of benzene rings is 1. The SMILES string of the molecule is CCc1ccc2c(c1)c1c(n2CCCCc2nc(C)cc(C)n2)CCCC1.OO. The van der Waals surface area contributed by atoms with Gasteiger partial charge in [0.05, 0.1) is 0 Å². The van der Waals surface area contributed by atoms with Crippen LogP contribution in [0.2, 0.25) is 0 Å². The highest BCUT2D eigenvalue weighted by molar-refractivity contribution is 5.86. The number of fused-ring (bicyclic) bond motifs is 3. The van der Waals surface area contributed by atoms with Crippen LogP contribution >= 0.6 is 0 Å². The van der Waals surface area contributed by atoms with Crippen molar-refractivity contribution in [2.24, 2.45) is 0 Å². The zero-order valence-corrected chi connectivity index (χ0v) is 17.9. The Balaban J connectivity index is 0.00000117. The molecule has 1 aliphatic carbocycles. The Morgan fingerprint density at radius 1 is 0.966 bits per heavy atom. The molecule has 0 aliphatic heterocycles. The molecular weight excluding hydrogens is 362 g/mol. The molecule has 0 fully saturated rings. The monoisotopic (exact) mass is 395 g/mol. The fourth-order valence-electron chi connectivity index (χ4n) is 4.62. The van der Waals surface area contributed by atoms with Gasteiger partial charge in [-0.3, -0.25) is 10.5 Å². The molecule has 2 heterocycles. The smallest absolute Gasteiger partial charge is 0.128 e. The lowest BCUT2D eigenvalue weighted by molar-refractivity contribution is -0.176. The van der Waals surface area contributed by atoms with Crippen LogP contribution in [0.3, 0.4) is 0 Å². The summed E-state index contributed by atoms with van der Waals surface area (Å²) >= 11 is 0. The molecule has 0 atom stereocenters. The number of hydrogen-bond donors (Lipinski definition) is 2. The highest BCUT2D eigenvalue weighted by atomic mass is 17.0. The van der Waals surface area contributed by atoms with Gasteiger partial charge in [-0.1, -0.05) is 13.0 Å². The van der Waals surface area contributed by atoms with Gasteiger partial charge < -0.3 is 4.57 Å². The van der Waals surface area contributed by atoms with Crippen molar-refractivity contribution in [3.05, 3.63) is 58.3 Å². The summed E-state index contributed by atoms with van der Waals surface area (Å²) in [4.78, 5) is 9.18. The third-order valence-corrected chi connectivity index (χ3v) is 5.91. The molecule has 0 unspecified atom stereocenters. The van der Waals surface area contributed by atoms with E-state index in [0.29, 0.717) is 0 Å². The van der Waals surface area contributed by atoms with Crippen molar-refractivity contribution in [2.75, 3.05) is 0 Å². The highest BCUT2D eigenvalue weighted by Gasteiger charge is 2.19. The molecule has 0 saturated carbocycles. The molecule has 0 radical (unpaired) electrons. The molecule has 5 heteroatoms. The summed E-state index contributed by atoms with van der Waals surface area (Å²) < 4.78 is 2.62. The average Bonchev–Trinajstić information content (AvgIpc) is 3.05. The van der Waals surface area contributed by atoms with Crippen molar-refractivity contribution >= 4 is 10.9 Å². The second kappa shape index (κ2) is 9.99. The van der Waals surface area contributed by atoms with E-state index in [9.17, 15) is 0 Å². The average molecular weight is 396 g/mol. The summed E-state index contributed by atoms with van der Waals surface area (Å²) in [7, 11) is 0. The van der Waals surface area contributed by atoms with Crippen LogP contribution in [-0.4, -0.2) is 25.0 Å². The van der Waals surface area contributed by atoms with Crippen molar-refractivity contribution < 1.29 is 10.5 Å². The van der Waals surface area contributed by atoms with Gasteiger partial charge in [0.1, 0.15) is 5.82 Å². The van der Waals surface area contributed by atoms with Crippen molar-refractivity contribution in [1.29, 1.82) is 0 Å². The summed E-state index contributed by atoms with van der Waals surface area (Å²) in [5, 5.41) is 13.5. The molecule has 0 bridgehead atoms.